The molecule has 1 heterocycles. The molecule has 154 valence electrons. The van der Waals surface area contributed by atoms with Crippen LogP contribution in [0.25, 0.3) is 0 Å². The van der Waals surface area contributed by atoms with Gasteiger partial charge in [-0.05, 0) is 50.4 Å². The van der Waals surface area contributed by atoms with Gasteiger partial charge in [0.05, 0.1) is 7.11 Å². The van der Waals surface area contributed by atoms with Crippen LogP contribution in [0, 0.1) is 0 Å². The zero-order valence-corrected chi connectivity index (χ0v) is 17.4. The fraction of sp³-hybridized carbons (Fsp3) is 0.611. The number of nitrogens with two attached hydrogens (primary N) is 1. The van der Waals surface area contributed by atoms with Crippen molar-refractivity contribution < 1.29 is 17.9 Å². The van der Waals surface area contributed by atoms with Crippen LogP contribution >= 0.6 is 12.4 Å². The van der Waals surface area contributed by atoms with E-state index in [0.717, 1.165) is 38.5 Å². The van der Waals surface area contributed by atoms with Crippen LogP contribution in [0.1, 0.15) is 48.9 Å². The van der Waals surface area contributed by atoms with Crippen LogP contribution in [0.15, 0.2) is 23.1 Å². The highest BCUT2D eigenvalue weighted by atomic mass is 35.5. The van der Waals surface area contributed by atoms with Gasteiger partial charge in [-0.15, -0.1) is 12.4 Å². The van der Waals surface area contributed by atoms with E-state index in [2.05, 4.69) is 5.32 Å². The lowest BCUT2D eigenvalue weighted by Gasteiger charge is -2.21. The van der Waals surface area contributed by atoms with Crippen molar-refractivity contribution in [2.75, 3.05) is 33.3 Å². The molecular formula is C18H30ClN3O4S. The van der Waals surface area contributed by atoms with Gasteiger partial charge in [0.2, 0.25) is 10.0 Å². The molecule has 0 saturated carbocycles. The normalized spacial score (nSPS) is 15.5. The number of carbonyl (C=O) groups is 1. The Kier molecular flexibility index (Phi) is 10.1. The third-order valence-corrected chi connectivity index (χ3v) is 6.44. The zero-order chi connectivity index (χ0) is 19.0. The molecule has 1 aliphatic heterocycles. The van der Waals surface area contributed by atoms with Crippen LogP contribution < -0.4 is 15.8 Å². The molecule has 0 unspecified atom stereocenters. The number of amides is 1. The third kappa shape index (κ3) is 6.34. The standard InChI is InChI=1S/C18H29N3O4S.ClH/c1-25-16-9-8-15(18(22)20-11-5-4-10-19)14-17(16)26(23,24)21-12-6-2-3-7-13-21;/h8-9,14H,2-7,10-13,19H2,1H3,(H,20,22);1H. The first-order chi connectivity index (χ1) is 12.5. The fourth-order valence-electron chi connectivity index (χ4n) is 3.01. The number of hydrogen-bond donors (Lipinski definition) is 2. The SMILES string of the molecule is COc1ccc(C(=O)NCCCCN)cc1S(=O)(=O)N1CCCCCC1.Cl. The number of hydrogen-bond acceptors (Lipinski definition) is 5. The second-order valence-corrected chi connectivity index (χ2v) is 8.34. The Bertz CT molecular complexity index is 705. The van der Waals surface area contributed by atoms with Crippen LogP contribution in [-0.2, 0) is 10.0 Å². The minimum atomic E-state index is -3.70. The molecule has 7 nitrogen and oxygen atoms in total. The predicted octanol–water partition coefficient (Wildman–Crippen LogP) is 2.15. The maximum Gasteiger partial charge on any atom is 0.251 e. The second-order valence-electron chi connectivity index (χ2n) is 6.44. The molecule has 1 amide bonds. The molecule has 9 heteroatoms. The molecule has 1 saturated heterocycles. The predicted molar refractivity (Wildman–Crippen MR) is 108 cm³/mol. The topological polar surface area (TPSA) is 102 Å². The van der Waals surface area contributed by atoms with Gasteiger partial charge in [0.1, 0.15) is 10.6 Å². The van der Waals surface area contributed by atoms with E-state index in [1.54, 1.807) is 12.1 Å². The maximum absolute atomic E-state index is 13.1. The summed E-state index contributed by atoms with van der Waals surface area (Å²) in [4.78, 5) is 12.4. The van der Waals surface area contributed by atoms with Crippen molar-refractivity contribution in [2.24, 2.45) is 5.73 Å². The molecule has 1 fully saturated rings. The molecule has 1 aromatic rings. The maximum atomic E-state index is 13.1. The van der Waals surface area contributed by atoms with E-state index < -0.39 is 10.0 Å². The summed E-state index contributed by atoms with van der Waals surface area (Å²) in [7, 11) is -2.27. The zero-order valence-electron chi connectivity index (χ0n) is 15.8. The van der Waals surface area contributed by atoms with Crippen molar-refractivity contribution in [3.05, 3.63) is 23.8 Å². The summed E-state index contributed by atoms with van der Waals surface area (Å²) in [5, 5.41) is 2.80. The summed E-state index contributed by atoms with van der Waals surface area (Å²) in [6.07, 6.45) is 5.39. The summed E-state index contributed by atoms with van der Waals surface area (Å²) in [6, 6.07) is 4.54. The van der Waals surface area contributed by atoms with E-state index in [-0.39, 0.29) is 29.0 Å². The quantitative estimate of drug-likeness (QED) is 0.628. The lowest BCUT2D eigenvalue weighted by Crippen LogP contribution is -2.32. The fourth-order valence-corrected chi connectivity index (χ4v) is 4.71. The molecule has 1 aromatic carbocycles. The van der Waals surface area contributed by atoms with Crippen molar-refractivity contribution in [3.8, 4) is 5.75 Å². The largest absolute Gasteiger partial charge is 0.495 e. The second kappa shape index (κ2) is 11.5. The minimum Gasteiger partial charge on any atom is -0.495 e. The number of rotatable bonds is 8. The highest BCUT2D eigenvalue weighted by Gasteiger charge is 2.29. The number of nitrogens with zero attached hydrogens (tertiary/aromatic N) is 1. The van der Waals surface area contributed by atoms with Crippen LogP contribution in [0.4, 0.5) is 0 Å². The first-order valence-electron chi connectivity index (χ1n) is 9.17. The Hall–Kier alpha value is -1.35. The average Bonchev–Trinajstić information content (AvgIpc) is 2.94. The lowest BCUT2D eigenvalue weighted by atomic mass is 10.2. The van der Waals surface area contributed by atoms with Gasteiger partial charge in [0, 0.05) is 25.2 Å². The Labute approximate surface area is 168 Å². The summed E-state index contributed by atoms with van der Waals surface area (Å²) in [5.41, 5.74) is 5.75. The van der Waals surface area contributed by atoms with Gasteiger partial charge in [-0.3, -0.25) is 4.79 Å². The van der Waals surface area contributed by atoms with Crippen LogP contribution in [0.5, 0.6) is 5.75 Å². The van der Waals surface area contributed by atoms with E-state index in [1.165, 1.54) is 17.5 Å². The Morgan fingerprint density at radius 2 is 1.85 bits per heavy atom. The Balaban J connectivity index is 0.00000364. The molecular weight excluding hydrogens is 390 g/mol. The van der Waals surface area contributed by atoms with Crippen molar-refractivity contribution in [1.29, 1.82) is 0 Å². The number of sulfonamides is 1. The Morgan fingerprint density at radius 3 is 2.44 bits per heavy atom. The molecule has 0 aromatic heterocycles. The van der Waals surface area contributed by atoms with Crippen molar-refractivity contribution in [3.63, 3.8) is 0 Å². The summed E-state index contributed by atoms with van der Waals surface area (Å²) in [6.45, 7) is 2.09. The number of carbonyl (C=O) groups excluding carboxylic acids is 1. The summed E-state index contributed by atoms with van der Waals surface area (Å²) >= 11 is 0. The van der Waals surface area contributed by atoms with E-state index in [4.69, 9.17) is 10.5 Å². The lowest BCUT2D eigenvalue weighted by molar-refractivity contribution is 0.0953. The smallest absolute Gasteiger partial charge is 0.251 e. The molecule has 3 N–H and O–H groups in total. The van der Waals surface area contributed by atoms with Crippen LogP contribution in [-0.4, -0.2) is 51.9 Å². The molecule has 0 bridgehead atoms. The van der Waals surface area contributed by atoms with E-state index in [9.17, 15) is 13.2 Å². The highest BCUT2D eigenvalue weighted by molar-refractivity contribution is 7.89. The number of ether oxygens (including phenoxy) is 1. The van der Waals surface area contributed by atoms with E-state index in [1.807, 2.05) is 0 Å². The molecule has 27 heavy (non-hydrogen) atoms. The van der Waals surface area contributed by atoms with Crippen LogP contribution in [0.3, 0.4) is 0 Å². The summed E-state index contributed by atoms with van der Waals surface area (Å²) < 4.78 is 32.9. The van der Waals surface area contributed by atoms with Gasteiger partial charge >= 0.3 is 0 Å². The van der Waals surface area contributed by atoms with Gasteiger partial charge in [0.15, 0.2) is 0 Å². The highest BCUT2D eigenvalue weighted by Crippen LogP contribution is 2.29. The number of methoxy groups -OCH3 is 1. The van der Waals surface area contributed by atoms with Crippen molar-refractivity contribution >= 4 is 28.3 Å². The first-order valence-corrected chi connectivity index (χ1v) is 10.6. The molecule has 0 spiro atoms. The van der Waals surface area contributed by atoms with E-state index in [0.29, 0.717) is 31.7 Å². The molecule has 0 atom stereocenters. The molecule has 0 radical (unpaired) electrons. The van der Waals surface area contributed by atoms with Crippen molar-refractivity contribution in [2.45, 2.75) is 43.4 Å². The van der Waals surface area contributed by atoms with Gasteiger partial charge in [-0.25, -0.2) is 8.42 Å². The monoisotopic (exact) mass is 419 g/mol. The van der Waals surface area contributed by atoms with Crippen molar-refractivity contribution in [1.82, 2.24) is 9.62 Å². The molecule has 1 aliphatic rings. The van der Waals surface area contributed by atoms with Gasteiger partial charge in [-0.2, -0.15) is 4.31 Å². The van der Waals surface area contributed by atoms with Gasteiger partial charge in [-0.1, -0.05) is 12.8 Å². The number of nitrogens with one attached hydrogen (secondary N) is 1. The number of halogens is 1. The minimum absolute atomic E-state index is 0. The average molecular weight is 420 g/mol. The van der Waals surface area contributed by atoms with Crippen LogP contribution in [0.2, 0.25) is 0 Å². The summed E-state index contributed by atoms with van der Waals surface area (Å²) in [5.74, 6) is -0.0362. The molecule has 2 rings (SSSR count). The number of benzene rings is 1. The number of unbranched alkanes of at least 4 members (excludes halogenated alkanes) is 1. The first kappa shape index (κ1) is 23.7. The van der Waals surface area contributed by atoms with Gasteiger partial charge < -0.3 is 15.8 Å². The van der Waals surface area contributed by atoms with E-state index >= 15 is 0 Å². The van der Waals surface area contributed by atoms with Gasteiger partial charge in [0.25, 0.3) is 5.91 Å². The Morgan fingerprint density at radius 1 is 1.19 bits per heavy atom. The third-order valence-electron chi connectivity index (χ3n) is 4.53. The molecule has 0 aliphatic carbocycles.